The Morgan fingerprint density at radius 1 is 0.214 bits per heavy atom. The first-order valence-corrected chi connectivity index (χ1v) is 50.4. The molecule has 30 rings (SSSR count). The maximum atomic E-state index is 5.40. The summed E-state index contributed by atoms with van der Waals surface area (Å²) in [5, 5.41) is 7.36. The van der Waals surface area contributed by atoms with E-state index in [9.17, 15) is 0 Å². The fourth-order valence-corrected chi connectivity index (χ4v) is 30.6. The van der Waals surface area contributed by atoms with Crippen molar-refractivity contribution in [1.82, 2.24) is 59.5 Å². The average molecular weight is 2680 g/mol. The van der Waals surface area contributed by atoms with Gasteiger partial charge in [0.2, 0.25) is 0 Å². The molecule has 8 aromatic heterocycles. The molecule has 0 spiro atoms. The van der Waals surface area contributed by atoms with Crippen LogP contribution in [0.5, 0.6) is 0 Å². The molecule has 0 N–H and O–H groups in total. The SMILES string of the molecule is CN1C=CN(c2[c-]c3c(nc2)Sc2c4c5c(c6c2B3c2[c-]c(N3C=CN(C)[CH-]3)cnc2S6)Sc2ncc(N3C=CN(C)[CH-]3)[c-]c2B5c2[c-]c(N3C=CN(C)[CH-]3)cnc2S4)[CH-]1.CN1[CH-]N(c2[c-]c3c(nc2)Sc2c4c5c(c6c2B3c2[c-]c(N3[CH-]N(C)c7ccccc73)cnc2S6)Sc2ncc(N3[CH-]N(C)c6ccccc63)[c-]c2B5c2[c-]c(N3[CH-]N(C)c5ccccc53)cnc2S4)c2ccccc21.[Pt+4].[Pt+4].[Pt+4].[Pt+4]. The molecule has 16 aliphatic heterocycles. The summed E-state index contributed by atoms with van der Waals surface area (Å²) in [7, 11) is 16.4. The molecule has 0 atom stereocenters. The Kier molecular flexibility index (Phi) is 22.8. The molecular weight excluding hydrogens is 2620 g/mol. The Hall–Kier alpha value is -9.91. The molecule has 40 heteroatoms. The Morgan fingerprint density at radius 2 is 0.379 bits per heavy atom. The predicted octanol–water partition coefficient (Wildman–Crippen LogP) is 10.9. The van der Waals surface area contributed by atoms with E-state index in [1.54, 1.807) is 94.1 Å². The van der Waals surface area contributed by atoms with E-state index in [-0.39, 0.29) is 111 Å². The molecule has 0 saturated heterocycles. The van der Waals surface area contributed by atoms with E-state index in [4.69, 9.17) is 39.9 Å². The summed E-state index contributed by atoms with van der Waals surface area (Å²) >= 11 is 13.9. The van der Waals surface area contributed by atoms with Crippen LogP contribution in [0.25, 0.3) is 0 Å². The van der Waals surface area contributed by atoms with Gasteiger partial charge >= 0.3 is 84.3 Å². The number of rotatable bonds is 8. The second-order valence-electron chi connectivity index (χ2n) is 35.0. The van der Waals surface area contributed by atoms with E-state index in [1.165, 1.54) is 61.0 Å². The fourth-order valence-electron chi connectivity index (χ4n) is 20.5. The number of para-hydroxylation sites is 8. The van der Waals surface area contributed by atoms with Crippen LogP contribution in [-0.2, 0) is 84.3 Å². The number of hydrogen-bond donors (Lipinski definition) is 0. The van der Waals surface area contributed by atoms with Gasteiger partial charge in [-0.25, -0.2) is 0 Å². The van der Waals surface area contributed by atoms with Crippen LogP contribution in [0, 0.1) is 102 Å². The van der Waals surface area contributed by atoms with Crippen LogP contribution in [0.4, 0.5) is 91.0 Å². The monoisotopic (exact) mass is 2680 g/mol. The van der Waals surface area contributed by atoms with Crippen LogP contribution in [0.1, 0.15) is 0 Å². The number of pyridine rings is 8. The van der Waals surface area contributed by atoms with Crippen LogP contribution in [0.3, 0.4) is 0 Å². The van der Waals surface area contributed by atoms with Gasteiger partial charge in [-0.1, -0.05) is 144 Å². The van der Waals surface area contributed by atoms with E-state index in [2.05, 4.69) is 259 Å². The van der Waals surface area contributed by atoms with E-state index >= 15 is 0 Å². The van der Waals surface area contributed by atoms with Crippen molar-refractivity contribution in [2.24, 2.45) is 0 Å². The average Bonchev–Trinajstić information content (AvgIpc) is 1.14. The Morgan fingerprint density at radius 3 is 0.550 bits per heavy atom. The number of fused-ring (bicyclic) bond motifs is 24. The van der Waals surface area contributed by atoms with Gasteiger partial charge in [-0.3, -0.25) is 0 Å². The molecule has 684 valence electrons. The molecule has 16 aliphatic rings. The van der Waals surface area contributed by atoms with Crippen molar-refractivity contribution >= 4 is 277 Å². The Labute approximate surface area is 904 Å². The molecular formula is C100H64B4N24Pt4S8. The van der Waals surface area contributed by atoms with Crippen molar-refractivity contribution in [2.45, 2.75) is 79.4 Å². The summed E-state index contributed by atoms with van der Waals surface area (Å²) in [5.74, 6) is 0. The molecule has 0 aliphatic carbocycles. The van der Waals surface area contributed by atoms with Crippen LogP contribution < -0.4 is 124 Å². The van der Waals surface area contributed by atoms with Crippen molar-refractivity contribution in [3.8, 4) is 0 Å². The largest absolute Gasteiger partial charge is 4.00 e. The zero-order chi connectivity index (χ0) is 90.2. The number of benzene rings is 6. The molecule has 140 heavy (non-hydrogen) atoms. The fraction of sp³-hybridized carbons (Fsp3) is 0.0800. The molecule has 0 amide bonds. The van der Waals surface area contributed by atoms with Gasteiger partial charge in [0.15, 0.2) is 26.9 Å². The van der Waals surface area contributed by atoms with Gasteiger partial charge in [-0.2, -0.15) is 146 Å². The minimum atomic E-state index is -0.290. The summed E-state index contributed by atoms with van der Waals surface area (Å²) in [6.45, 7) is 15.6. The quantitative estimate of drug-likeness (QED) is 0.105. The molecule has 0 fully saturated rings. The van der Waals surface area contributed by atoms with Gasteiger partial charge in [0.05, 0.1) is 0 Å². The topological polar surface area (TPSA) is 155 Å². The second-order valence-corrected chi connectivity index (χ2v) is 43.0. The predicted molar refractivity (Wildman–Crippen MR) is 549 cm³/mol. The van der Waals surface area contributed by atoms with Crippen LogP contribution >= 0.6 is 94.1 Å². The standard InChI is InChI=1S/C58H36B2N12S4.C42H28B2N12S4.4Pt/c1-65-29-69(45-17-9-5-13-41(45)65)33-21-37-55(61-25-33)73-51-49-52(74-56-38(59(37)49)22-34(26-62-56)70-30-66(2)42-14-6-10-18-46(42)70)54-50-53(51)75-57-39(23-35(27-63-57)71-31-67(3)43-15-7-11-19-47(43)71)60(50)40-24-36(28-64-58(40)76-54)72-32-68(4)44-16-8-12-20-48(44)72;1-49-5-9-53(21-49)25-13-29-39(45-17-25)57-35-33-36(58-40-30(43(29)33)14-26(18-46-40)54-10-6-50(2)22-54)38-34-37(35)59-41-31(15-27(19-47-41)55-11-7-51(3)23-55)44(34)32-16-28(20-48-42(32)60-38)56-12-8-52(4)24-56;;;;/h5-20,25-32H,1-4H3;5-12,17-24H,1-4H3;;;;/q2*-8;4*+4. The molecule has 0 radical (unpaired) electrons. The maximum absolute atomic E-state index is 5.40. The van der Waals surface area contributed by atoms with Crippen LogP contribution in [-0.4, -0.2) is 143 Å². The smallest absolute Gasteiger partial charge is 0.510 e. The van der Waals surface area contributed by atoms with Crippen molar-refractivity contribution in [1.29, 1.82) is 0 Å². The molecule has 0 saturated carbocycles. The minimum absolute atomic E-state index is 0. The third-order valence-electron chi connectivity index (χ3n) is 26.7. The summed E-state index contributed by atoms with van der Waals surface area (Å²) in [5.41, 5.74) is 28.9. The maximum Gasteiger partial charge on any atom is 4.00 e. The van der Waals surface area contributed by atoms with E-state index < -0.39 is 0 Å². The van der Waals surface area contributed by atoms with Gasteiger partial charge in [0.25, 0.3) is 0 Å². The first-order valence-electron chi connectivity index (χ1n) is 43.9. The Balaban J connectivity index is 0.000000147. The number of aromatic nitrogens is 8. The van der Waals surface area contributed by atoms with Crippen LogP contribution in [0.15, 0.2) is 276 Å². The molecule has 6 aromatic carbocycles. The van der Waals surface area contributed by atoms with Gasteiger partial charge in [-0.05, 0) is 217 Å². The first kappa shape index (κ1) is 91.3. The third-order valence-corrected chi connectivity index (χ3v) is 36.4. The number of anilines is 16. The first-order chi connectivity index (χ1) is 66.6. The summed E-state index contributed by atoms with van der Waals surface area (Å²) in [6.07, 6.45) is 31.9. The van der Waals surface area contributed by atoms with Gasteiger partial charge in [0.1, 0.15) is 0 Å². The van der Waals surface area contributed by atoms with Crippen LogP contribution in [0.2, 0.25) is 0 Å². The molecule has 24 nitrogen and oxygen atoms in total. The Bertz CT molecular complexity index is 6930. The minimum Gasteiger partial charge on any atom is -0.510 e. The number of hydrogen-bond acceptors (Lipinski definition) is 32. The van der Waals surface area contributed by atoms with E-state index in [0.717, 1.165) is 175 Å². The molecule has 0 unspecified atom stereocenters. The van der Waals surface area contributed by atoms with Gasteiger partial charge in [0, 0.05) is 84.7 Å². The molecule has 24 heterocycles. The van der Waals surface area contributed by atoms with Crippen molar-refractivity contribution in [2.75, 3.05) is 115 Å². The zero-order valence-electron chi connectivity index (χ0n) is 74.7. The van der Waals surface area contributed by atoms with Crippen molar-refractivity contribution < 1.29 is 84.3 Å². The number of nitrogens with zero attached hydrogens (tertiary/aromatic N) is 24. The van der Waals surface area contributed by atoms with Crippen molar-refractivity contribution in [3.63, 3.8) is 0 Å². The van der Waals surface area contributed by atoms with Crippen molar-refractivity contribution in [3.05, 3.63) is 298 Å². The second kappa shape index (κ2) is 35.0. The van der Waals surface area contributed by atoms with E-state index in [0.29, 0.717) is 0 Å². The summed E-state index contributed by atoms with van der Waals surface area (Å²) in [6, 6.07) is 65.4. The van der Waals surface area contributed by atoms with Gasteiger partial charge < -0.3 is 118 Å². The van der Waals surface area contributed by atoms with E-state index in [1.807, 2.05) is 174 Å². The third kappa shape index (κ3) is 14.2. The summed E-state index contributed by atoms with van der Waals surface area (Å²) < 4.78 is 0. The van der Waals surface area contributed by atoms with Gasteiger partial charge in [-0.15, -0.1) is 94.1 Å². The molecule has 0 bridgehead atoms. The normalized spacial score (nSPS) is 16.9. The summed E-state index contributed by atoms with van der Waals surface area (Å²) in [4.78, 5) is 85.7. The zero-order valence-corrected chi connectivity index (χ0v) is 90.3. The molecule has 14 aromatic rings.